The topological polar surface area (TPSA) is 215 Å². The lowest BCUT2D eigenvalue weighted by molar-refractivity contribution is -0.142. The van der Waals surface area contributed by atoms with Crippen molar-refractivity contribution in [1.82, 2.24) is 41.7 Å². The van der Waals surface area contributed by atoms with Gasteiger partial charge in [0, 0.05) is 25.9 Å². The first-order valence-electron chi connectivity index (χ1n) is 26.7. The fraction of sp³-hybridized carbons (Fsp3) is 0.636. The van der Waals surface area contributed by atoms with Gasteiger partial charge in [-0.25, -0.2) is 0 Å². The van der Waals surface area contributed by atoms with Crippen molar-refractivity contribution in [3.05, 3.63) is 70.8 Å². The molecule has 6 N–H and O–H groups in total. The molecule has 0 unspecified atom stereocenters. The van der Waals surface area contributed by atoms with Crippen LogP contribution in [-0.4, -0.2) is 120 Å². The predicted molar refractivity (Wildman–Crippen MR) is 272 cm³/mol. The summed E-state index contributed by atoms with van der Waals surface area (Å²) in [6.07, 6.45) is 12.5. The summed E-state index contributed by atoms with van der Waals surface area (Å²) in [4.78, 5) is 111. The van der Waals surface area contributed by atoms with E-state index in [2.05, 4.69) is 56.2 Å². The highest BCUT2D eigenvalue weighted by Crippen LogP contribution is 2.32. The van der Waals surface area contributed by atoms with Crippen LogP contribution in [0.1, 0.15) is 170 Å². The smallest absolute Gasteiger partial charge is 0.245 e. The summed E-state index contributed by atoms with van der Waals surface area (Å²) < 4.78 is 0. The van der Waals surface area contributed by atoms with E-state index in [1.54, 1.807) is 37.7 Å². The number of nitrogens with one attached hydrogen (secondary N) is 6. The highest BCUT2D eigenvalue weighted by atomic mass is 16.2. The minimum Gasteiger partial charge on any atom is -0.347 e. The summed E-state index contributed by atoms with van der Waals surface area (Å²) >= 11 is 0. The molecule has 0 bridgehead atoms. The zero-order valence-electron chi connectivity index (χ0n) is 42.7. The number of benzene rings is 2. The van der Waals surface area contributed by atoms with Gasteiger partial charge in [0.1, 0.15) is 35.7 Å². The third-order valence-electron chi connectivity index (χ3n) is 15.2. The van der Waals surface area contributed by atoms with E-state index in [9.17, 15) is 38.4 Å². The third-order valence-corrected chi connectivity index (χ3v) is 15.2. The number of likely N-dealkylation sites (N-methyl/N-ethyl adjacent to an activating group) is 2. The fourth-order valence-electron chi connectivity index (χ4n) is 10.8. The molecule has 2 aromatic rings. The molecule has 0 aromatic heterocycles. The highest BCUT2D eigenvalue weighted by Gasteiger charge is 2.40. The first-order chi connectivity index (χ1) is 34.3. The van der Waals surface area contributed by atoms with Crippen LogP contribution < -0.4 is 31.9 Å². The summed E-state index contributed by atoms with van der Waals surface area (Å²) in [5, 5.41) is 18.1. The molecule has 4 aliphatic rings. The third kappa shape index (κ3) is 15.3. The molecular weight excluding hydrogens is 901 g/mol. The van der Waals surface area contributed by atoms with Crippen LogP contribution in [0.2, 0.25) is 0 Å². The van der Waals surface area contributed by atoms with Gasteiger partial charge >= 0.3 is 0 Å². The normalized spacial score (nSPS) is 21.2. The Bertz CT molecular complexity index is 2030. The summed E-state index contributed by atoms with van der Waals surface area (Å²) in [5.41, 5.74) is 4.73. The molecule has 16 nitrogen and oxygen atoms in total. The molecule has 6 rings (SSSR count). The number of ketones is 2. The first-order valence-corrected chi connectivity index (χ1v) is 26.7. The molecule has 8 atom stereocenters. The zero-order chi connectivity index (χ0) is 50.9. The Kier molecular flexibility index (Phi) is 21.1. The second-order valence-corrected chi connectivity index (χ2v) is 20.3. The van der Waals surface area contributed by atoms with Gasteiger partial charge in [0.15, 0.2) is 0 Å². The Morgan fingerprint density at radius 1 is 0.535 bits per heavy atom. The quantitative estimate of drug-likeness (QED) is 0.0550. The molecule has 2 aliphatic heterocycles. The number of Topliss-reactive ketones (excluding diaryl/α,β-unsaturated/α-hetero) is 2. The van der Waals surface area contributed by atoms with Crippen molar-refractivity contribution < 1.29 is 38.4 Å². The van der Waals surface area contributed by atoms with Gasteiger partial charge in [0.25, 0.3) is 0 Å². The summed E-state index contributed by atoms with van der Waals surface area (Å²) in [5.74, 6) is -1.80. The second-order valence-electron chi connectivity index (χ2n) is 20.3. The van der Waals surface area contributed by atoms with Gasteiger partial charge in [-0.15, -0.1) is 0 Å². The lowest BCUT2D eigenvalue weighted by Gasteiger charge is -2.32. The van der Waals surface area contributed by atoms with Crippen LogP contribution in [0.3, 0.4) is 0 Å². The molecule has 388 valence electrons. The van der Waals surface area contributed by atoms with Crippen LogP contribution in [-0.2, 0) is 51.2 Å². The van der Waals surface area contributed by atoms with Crippen molar-refractivity contribution in [2.75, 3.05) is 27.2 Å². The Hall–Kier alpha value is -5.48. The van der Waals surface area contributed by atoms with E-state index in [0.717, 1.165) is 49.7 Å². The fourth-order valence-corrected chi connectivity index (χ4v) is 10.8. The van der Waals surface area contributed by atoms with Crippen LogP contribution in [0.4, 0.5) is 0 Å². The van der Waals surface area contributed by atoms with Gasteiger partial charge in [-0.2, -0.15) is 0 Å². The van der Waals surface area contributed by atoms with Crippen molar-refractivity contribution >= 4 is 47.0 Å². The molecule has 16 heteroatoms. The average Bonchev–Trinajstić information content (AvgIpc) is 4.09. The van der Waals surface area contributed by atoms with Crippen molar-refractivity contribution in [3.63, 3.8) is 0 Å². The standard InChI is InChI=1S/C55H80N8O8/c1-36(56-3)50(66)60-46(54(70)62-33-17-31-48(62)52(68)58-44-29-15-21-38-19-11-13-25-42(38)44)27-9-5-7-23-40(64)35-41(65)24-8-6-10-28-47(61-51(67)37(2)57-4)55(71)63-34-18-32-49(63)53(69)59-45-30-16-22-39-20-12-14-26-43(39)45/h11-14,19-20,25-26,36-37,44-49,56-57H,5-10,15-18,21-24,27-35H2,1-4H3,(H,58,68)(H,59,69)(H,60,66)(H,61,67)/t36-,37-,44+,45+,46-,47-,48-,49-/m0/s1. The van der Waals surface area contributed by atoms with Crippen molar-refractivity contribution in [3.8, 4) is 0 Å². The van der Waals surface area contributed by atoms with Gasteiger partial charge in [0.2, 0.25) is 35.4 Å². The van der Waals surface area contributed by atoms with E-state index in [0.29, 0.717) is 90.1 Å². The molecule has 2 heterocycles. The molecule has 71 heavy (non-hydrogen) atoms. The van der Waals surface area contributed by atoms with Crippen LogP contribution in [0.15, 0.2) is 48.5 Å². The van der Waals surface area contributed by atoms with E-state index in [-0.39, 0.29) is 78.4 Å². The monoisotopic (exact) mass is 981 g/mol. The molecule has 0 radical (unpaired) electrons. The van der Waals surface area contributed by atoms with Crippen LogP contribution >= 0.6 is 0 Å². The maximum Gasteiger partial charge on any atom is 0.245 e. The lowest BCUT2D eigenvalue weighted by Crippen LogP contribution is -2.55. The van der Waals surface area contributed by atoms with Gasteiger partial charge in [-0.3, -0.25) is 38.4 Å². The van der Waals surface area contributed by atoms with E-state index in [1.807, 2.05) is 24.3 Å². The van der Waals surface area contributed by atoms with Crippen LogP contribution in [0, 0.1) is 0 Å². The Morgan fingerprint density at radius 3 is 1.35 bits per heavy atom. The predicted octanol–water partition coefficient (Wildman–Crippen LogP) is 4.97. The van der Waals surface area contributed by atoms with Crippen molar-refractivity contribution in [2.45, 2.75) is 197 Å². The van der Waals surface area contributed by atoms with Crippen LogP contribution in [0.5, 0.6) is 0 Å². The van der Waals surface area contributed by atoms with Gasteiger partial charge < -0.3 is 41.7 Å². The largest absolute Gasteiger partial charge is 0.347 e. The molecule has 2 aliphatic carbocycles. The van der Waals surface area contributed by atoms with Gasteiger partial charge in [0.05, 0.1) is 30.6 Å². The number of aryl methyl sites for hydroxylation is 2. The van der Waals surface area contributed by atoms with Gasteiger partial charge in [-0.05, 0) is 140 Å². The van der Waals surface area contributed by atoms with E-state index in [4.69, 9.17) is 0 Å². The number of unbranched alkanes of at least 4 members (excludes halogenated alkanes) is 4. The molecule has 0 saturated carbocycles. The SMILES string of the molecule is CN[C@@H](C)C(=O)N[C@@H](CCCCCC(=O)CC(=O)CCCCC[C@H](NC(=O)[C@H](C)NC)C(=O)N1CCC[C@H]1C(=O)N[C@@H]1CCCc2ccccc21)C(=O)N1CCC[C@H]1C(=O)N[C@@H]1CCCc2ccccc21. The number of carbonyl (C=O) groups is 8. The molecule has 0 spiro atoms. The Morgan fingerprint density at radius 2 is 0.944 bits per heavy atom. The minimum absolute atomic E-state index is 0.103. The number of hydrogen-bond donors (Lipinski definition) is 6. The molecule has 2 fully saturated rings. The average molecular weight is 981 g/mol. The van der Waals surface area contributed by atoms with Crippen molar-refractivity contribution in [2.24, 2.45) is 0 Å². The summed E-state index contributed by atoms with van der Waals surface area (Å²) in [6, 6.07) is 12.2. The van der Waals surface area contributed by atoms with Crippen molar-refractivity contribution in [1.29, 1.82) is 0 Å². The zero-order valence-corrected chi connectivity index (χ0v) is 42.7. The molecule has 2 aromatic carbocycles. The number of likely N-dealkylation sites (tertiary alicyclic amines) is 2. The van der Waals surface area contributed by atoms with E-state index < -0.39 is 36.3 Å². The van der Waals surface area contributed by atoms with Crippen LogP contribution in [0.25, 0.3) is 0 Å². The first kappa shape index (κ1) is 54.8. The number of amides is 6. The number of fused-ring (bicyclic) bond motifs is 2. The molecule has 6 amide bonds. The molecular formula is C55H80N8O8. The van der Waals surface area contributed by atoms with E-state index in [1.165, 1.54) is 11.1 Å². The number of carbonyl (C=O) groups excluding carboxylic acids is 8. The lowest BCUT2D eigenvalue weighted by atomic mass is 9.87. The maximum atomic E-state index is 14.1. The van der Waals surface area contributed by atoms with E-state index >= 15 is 0 Å². The number of rotatable bonds is 26. The maximum absolute atomic E-state index is 14.1. The number of hydrogen-bond acceptors (Lipinski definition) is 10. The summed E-state index contributed by atoms with van der Waals surface area (Å²) in [7, 11) is 3.35. The Labute approximate surface area is 420 Å². The number of nitrogens with zero attached hydrogens (tertiary/aromatic N) is 2. The Balaban J connectivity index is 0.919. The highest BCUT2D eigenvalue weighted by molar-refractivity contribution is 5.99. The minimum atomic E-state index is -0.824. The molecule has 2 saturated heterocycles. The summed E-state index contributed by atoms with van der Waals surface area (Å²) in [6.45, 7) is 4.30. The second kappa shape index (κ2) is 27.4. The van der Waals surface area contributed by atoms with Gasteiger partial charge in [-0.1, -0.05) is 74.2 Å².